The summed E-state index contributed by atoms with van der Waals surface area (Å²) in [4.78, 5) is 1.32. The fraction of sp³-hybridized carbons (Fsp3) is 0.417. The number of hydrogen-bond acceptors (Lipinski definition) is 2. The second-order valence-corrected chi connectivity index (χ2v) is 4.34. The largest absolute Gasteiger partial charge is 0.198 e. The minimum Gasteiger partial charge on any atom is -0.198 e. The molecular formula is C12H15NS. The molecule has 1 aromatic rings. The summed E-state index contributed by atoms with van der Waals surface area (Å²) < 4.78 is 0. The van der Waals surface area contributed by atoms with E-state index >= 15 is 0 Å². The molecule has 0 aromatic heterocycles. The molecule has 0 radical (unpaired) electrons. The van der Waals surface area contributed by atoms with Gasteiger partial charge in [0.05, 0.1) is 6.07 Å². The molecule has 1 nitrogen and oxygen atoms in total. The van der Waals surface area contributed by atoms with Gasteiger partial charge in [0.1, 0.15) is 0 Å². The molecule has 0 saturated carbocycles. The van der Waals surface area contributed by atoms with Crippen LogP contribution in [0, 0.1) is 18.3 Å². The molecule has 2 heteroatoms. The number of nitriles is 1. The third kappa shape index (κ3) is 2.52. The number of nitrogens with zero attached hydrogens (tertiary/aromatic N) is 1. The summed E-state index contributed by atoms with van der Waals surface area (Å²) in [5.41, 5.74) is 2.57. The Morgan fingerprint density at radius 2 is 2.21 bits per heavy atom. The first-order chi connectivity index (χ1) is 6.69. The van der Waals surface area contributed by atoms with Gasteiger partial charge in [0.2, 0.25) is 0 Å². The van der Waals surface area contributed by atoms with Crippen LogP contribution in [0.1, 0.15) is 30.4 Å². The van der Waals surface area contributed by atoms with Gasteiger partial charge in [-0.3, -0.25) is 0 Å². The number of aryl methyl sites for hydroxylation is 1. The van der Waals surface area contributed by atoms with Gasteiger partial charge in [0.25, 0.3) is 0 Å². The van der Waals surface area contributed by atoms with Gasteiger partial charge in [-0.25, -0.2) is 0 Å². The van der Waals surface area contributed by atoms with Crippen LogP contribution in [-0.2, 0) is 0 Å². The summed E-state index contributed by atoms with van der Waals surface area (Å²) in [7, 11) is 0. The van der Waals surface area contributed by atoms with Crippen LogP contribution in [0.5, 0.6) is 0 Å². The van der Waals surface area contributed by atoms with E-state index in [1.807, 2.05) is 0 Å². The van der Waals surface area contributed by atoms with Crippen LogP contribution in [-0.4, -0.2) is 6.26 Å². The third-order valence-electron chi connectivity index (χ3n) is 2.39. The molecule has 14 heavy (non-hydrogen) atoms. The van der Waals surface area contributed by atoms with E-state index in [1.54, 1.807) is 11.8 Å². The molecular weight excluding hydrogens is 190 g/mol. The molecule has 0 spiro atoms. The molecule has 0 N–H and O–H groups in total. The molecule has 0 aliphatic rings. The van der Waals surface area contributed by atoms with Gasteiger partial charge in [-0.05, 0) is 36.3 Å². The Morgan fingerprint density at radius 3 is 2.71 bits per heavy atom. The monoisotopic (exact) mass is 205 g/mol. The van der Waals surface area contributed by atoms with Crippen LogP contribution < -0.4 is 0 Å². The Kier molecular flexibility index (Phi) is 4.03. The van der Waals surface area contributed by atoms with Crippen LogP contribution >= 0.6 is 11.8 Å². The second-order valence-electron chi connectivity index (χ2n) is 3.49. The highest BCUT2D eigenvalue weighted by Gasteiger charge is 2.06. The summed E-state index contributed by atoms with van der Waals surface area (Å²) in [6.45, 7) is 4.21. The van der Waals surface area contributed by atoms with Crippen molar-refractivity contribution in [2.24, 2.45) is 0 Å². The van der Waals surface area contributed by atoms with E-state index in [4.69, 9.17) is 5.26 Å². The summed E-state index contributed by atoms with van der Waals surface area (Å²) in [5.74, 6) is 0.342. The van der Waals surface area contributed by atoms with Gasteiger partial charge >= 0.3 is 0 Å². The maximum atomic E-state index is 8.61. The van der Waals surface area contributed by atoms with Crippen LogP contribution in [0.3, 0.4) is 0 Å². The van der Waals surface area contributed by atoms with Gasteiger partial charge in [-0.1, -0.05) is 19.1 Å². The molecule has 0 bridgehead atoms. The summed E-state index contributed by atoms with van der Waals surface area (Å²) >= 11 is 1.76. The van der Waals surface area contributed by atoms with Crippen LogP contribution in [0.4, 0.5) is 0 Å². The van der Waals surface area contributed by atoms with Crippen molar-refractivity contribution in [2.75, 3.05) is 6.26 Å². The average molecular weight is 205 g/mol. The van der Waals surface area contributed by atoms with E-state index < -0.39 is 0 Å². The lowest BCUT2D eigenvalue weighted by Crippen LogP contribution is -1.93. The number of benzene rings is 1. The Labute approximate surface area is 90.1 Å². The van der Waals surface area contributed by atoms with E-state index in [-0.39, 0.29) is 0 Å². The molecule has 0 amide bonds. The van der Waals surface area contributed by atoms with Gasteiger partial charge in [-0.2, -0.15) is 5.26 Å². The fourth-order valence-electron chi connectivity index (χ4n) is 1.46. The molecule has 1 aromatic carbocycles. The van der Waals surface area contributed by atoms with Gasteiger partial charge in [-0.15, -0.1) is 11.8 Å². The van der Waals surface area contributed by atoms with Crippen molar-refractivity contribution in [3.05, 3.63) is 29.3 Å². The van der Waals surface area contributed by atoms with Gasteiger partial charge < -0.3 is 0 Å². The molecule has 1 rings (SSSR count). The molecule has 74 valence electrons. The summed E-state index contributed by atoms with van der Waals surface area (Å²) in [5, 5.41) is 8.61. The minimum absolute atomic E-state index is 0.342. The normalized spacial score (nSPS) is 12.1. The molecule has 1 atom stereocenters. The predicted molar refractivity (Wildman–Crippen MR) is 61.6 cm³/mol. The maximum Gasteiger partial charge on any atom is 0.0628 e. The number of rotatable bonds is 3. The standard InChI is InChI=1S/C12H15NS/c1-9(6-7-13)11-4-5-12(14-3)10(2)8-11/h4-5,8-9H,6H2,1-3H3/t9-/m1/s1. The fourth-order valence-corrected chi connectivity index (χ4v) is 2.05. The quantitative estimate of drug-likeness (QED) is 0.702. The first kappa shape index (κ1) is 11.1. The Balaban J connectivity index is 2.92. The van der Waals surface area contributed by atoms with E-state index in [9.17, 15) is 0 Å². The highest BCUT2D eigenvalue weighted by molar-refractivity contribution is 7.98. The van der Waals surface area contributed by atoms with E-state index in [2.05, 4.69) is 44.4 Å². The van der Waals surface area contributed by atoms with Crippen molar-refractivity contribution < 1.29 is 0 Å². The lowest BCUT2D eigenvalue weighted by molar-refractivity contribution is 0.786. The molecule has 0 saturated heterocycles. The van der Waals surface area contributed by atoms with Crippen molar-refractivity contribution >= 4 is 11.8 Å². The van der Waals surface area contributed by atoms with Crippen molar-refractivity contribution in [1.29, 1.82) is 5.26 Å². The molecule has 0 unspecified atom stereocenters. The Bertz CT molecular complexity index is 352. The Morgan fingerprint density at radius 1 is 1.50 bits per heavy atom. The number of hydrogen-bond donors (Lipinski definition) is 0. The van der Waals surface area contributed by atoms with Crippen LogP contribution in [0.2, 0.25) is 0 Å². The SMILES string of the molecule is CSc1ccc([C@H](C)CC#N)cc1C. The van der Waals surface area contributed by atoms with Crippen molar-refractivity contribution in [2.45, 2.75) is 31.1 Å². The van der Waals surface area contributed by atoms with Gasteiger partial charge in [0, 0.05) is 11.3 Å². The second kappa shape index (κ2) is 5.07. The molecule has 0 aliphatic carbocycles. The topological polar surface area (TPSA) is 23.8 Å². The first-order valence-electron chi connectivity index (χ1n) is 4.70. The maximum absolute atomic E-state index is 8.61. The van der Waals surface area contributed by atoms with Crippen LogP contribution in [0.15, 0.2) is 23.1 Å². The molecule has 0 fully saturated rings. The predicted octanol–water partition coefficient (Wildman–Crippen LogP) is 3.73. The molecule has 0 heterocycles. The van der Waals surface area contributed by atoms with Crippen LogP contribution in [0.25, 0.3) is 0 Å². The zero-order valence-electron chi connectivity index (χ0n) is 8.87. The van der Waals surface area contributed by atoms with Gasteiger partial charge in [0.15, 0.2) is 0 Å². The van der Waals surface area contributed by atoms with Crippen molar-refractivity contribution in [3.8, 4) is 6.07 Å². The average Bonchev–Trinajstić information content (AvgIpc) is 2.18. The molecule has 0 aliphatic heterocycles. The third-order valence-corrected chi connectivity index (χ3v) is 3.28. The van der Waals surface area contributed by atoms with E-state index in [0.29, 0.717) is 12.3 Å². The summed E-state index contributed by atoms with van der Waals surface area (Å²) in [6, 6.07) is 8.67. The highest BCUT2D eigenvalue weighted by atomic mass is 32.2. The lowest BCUT2D eigenvalue weighted by Gasteiger charge is -2.10. The van der Waals surface area contributed by atoms with Crippen molar-refractivity contribution in [1.82, 2.24) is 0 Å². The Hall–Kier alpha value is -0.940. The highest BCUT2D eigenvalue weighted by Crippen LogP contribution is 2.25. The number of thioether (sulfide) groups is 1. The smallest absolute Gasteiger partial charge is 0.0628 e. The zero-order valence-corrected chi connectivity index (χ0v) is 9.69. The van der Waals surface area contributed by atoms with E-state index in [0.717, 1.165) is 0 Å². The summed E-state index contributed by atoms with van der Waals surface area (Å²) in [6.07, 6.45) is 2.68. The van der Waals surface area contributed by atoms with Crippen molar-refractivity contribution in [3.63, 3.8) is 0 Å². The first-order valence-corrected chi connectivity index (χ1v) is 5.93. The minimum atomic E-state index is 0.342. The zero-order chi connectivity index (χ0) is 10.6. The van der Waals surface area contributed by atoms with E-state index in [1.165, 1.54) is 16.0 Å². The lowest BCUT2D eigenvalue weighted by atomic mass is 9.97.